The summed E-state index contributed by atoms with van der Waals surface area (Å²) in [5.74, 6) is 0.241. The van der Waals surface area contributed by atoms with Crippen molar-refractivity contribution in [3.8, 4) is 0 Å². The largest absolute Gasteiger partial charge is 0.348 e. The molecule has 1 saturated carbocycles. The van der Waals surface area contributed by atoms with Crippen molar-refractivity contribution in [1.82, 2.24) is 9.88 Å². The van der Waals surface area contributed by atoms with Crippen LogP contribution in [-0.2, 0) is 6.54 Å². The molecule has 7 heteroatoms. The first-order valence-electron chi connectivity index (χ1n) is 9.53. The third-order valence-corrected chi connectivity index (χ3v) is 5.70. The molecular weight excluding hydrogens is 397 g/mol. The highest BCUT2D eigenvalue weighted by Crippen LogP contribution is 2.26. The molecule has 1 fully saturated rings. The molecule has 1 aliphatic carbocycles. The summed E-state index contributed by atoms with van der Waals surface area (Å²) in [4.78, 5) is 24.9. The van der Waals surface area contributed by atoms with Crippen molar-refractivity contribution < 1.29 is 4.79 Å². The molecule has 0 spiro atoms. The van der Waals surface area contributed by atoms with E-state index < -0.39 is 0 Å². The molecule has 3 N–H and O–H groups in total. The minimum absolute atomic E-state index is 0. The van der Waals surface area contributed by atoms with Crippen LogP contribution in [0.15, 0.2) is 47.4 Å². The van der Waals surface area contributed by atoms with Crippen LogP contribution in [0, 0.1) is 5.92 Å². The van der Waals surface area contributed by atoms with Gasteiger partial charge in [-0.3, -0.25) is 9.59 Å². The third-order valence-electron chi connectivity index (χ3n) is 5.33. The second-order valence-corrected chi connectivity index (χ2v) is 7.60. The van der Waals surface area contributed by atoms with Crippen LogP contribution < -0.4 is 16.6 Å². The lowest BCUT2D eigenvalue weighted by atomic mass is 9.84. The Morgan fingerprint density at radius 3 is 2.57 bits per heavy atom. The van der Waals surface area contributed by atoms with Crippen LogP contribution in [0.5, 0.6) is 0 Å². The first kappa shape index (κ1) is 22.5. The van der Waals surface area contributed by atoms with Crippen molar-refractivity contribution in [2.75, 3.05) is 6.54 Å². The summed E-state index contributed by atoms with van der Waals surface area (Å²) in [6.07, 6.45) is 7.45. The van der Waals surface area contributed by atoms with Crippen molar-refractivity contribution in [3.05, 3.63) is 69.1 Å². The third kappa shape index (κ3) is 5.60. The van der Waals surface area contributed by atoms with Crippen LogP contribution in [-0.4, -0.2) is 23.1 Å². The number of aromatic nitrogens is 1. The van der Waals surface area contributed by atoms with Crippen LogP contribution >= 0.6 is 24.0 Å². The number of nitrogens with one attached hydrogen (secondary N) is 1. The Hall–Kier alpha value is -1.82. The summed E-state index contributed by atoms with van der Waals surface area (Å²) in [5, 5.41) is 3.67. The Balaban J connectivity index is 0.00000280. The molecule has 0 radical (unpaired) electrons. The molecule has 5 nitrogen and oxygen atoms in total. The molecule has 1 amide bonds. The summed E-state index contributed by atoms with van der Waals surface area (Å²) in [7, 11) is 0. The molecule has 2 aromatic rings. The van der Waals surface area contributed by atoms with Gasteiger partial charge in [0, 0.05) is 29.9 Å². The van der Waals surface area contributed by atoms with E-state index in [0.29, 0.717) is 29.6 Å². The van der Waals surface area contributed by atoms with E-state index in [4.69, 9.17) is 17.3 Å². The lowest BCUT2D eigenvalue weighted by molar-refractivity contribution is 0.0914. The van der Waals surface area contributed by atoms with Crippen LogP contribution in [0.1, 0.15) is 48.0 Å². The highest BCUT2D eigenvalue weighted by atomic mass is 35.5. The zero-order valence-electron chi connectivity index (χ0n) is 15.8. The number of hydrogen-bond donors (Lipinski definition) is 2. The average Bonchev–Trinajstić information content (AvgIpc) is 2.70. The van der Waals surface area contributed by atoms with Crippen molar-refractivity contribution in [2.24, 2.45) is 11.7 Å². The highest BCUT2D eigenvalue weighted by molar-refractivity contribution is 6.31. The number of hydrogen-bond acceptors (Lipinski definition) is 3. The summed E-state index contributed by atoms with van der Waals surface area (Å²) in [6.45, 7) is 0.748. The molecule has 0 aliphatic heterocycles. The van der Waals surface area contributed by atoms with E-state index in [1.165, 1.54) is 29.9 Å². The smallest absolute Gasteiger partial charge is 0.253 e. The van der Waals surface area contributed by atoms with E-state index in [2.05, 4.69) is 5.32 Å². The van der Waals surface area contributed by atoms with Gasteiger partial charge in [-0.25, -0.2) is 0 Å². The summed E-state index contributed by atoms with van der Waals surface area (Å²) < 4.78 is 1.51. The van der Waals surface area contributed by atoms with Gasteiger partial charge < -0.3 is 15.6 Å². The van der Waals surface area contributed by atoms with E-state index in [-0.39, 0.29) is 29.9 Å². The molecule has 3 rings (SSSR count). The maximum Gasteiger partial charge on any atom is 0.253 e. The number of amides is 1. The maximum atomic E-state index is 12.7. The van der Waals surface area contributed by atoms with Gasteiger partial charge >= 0.3 is 0 Å². The fourth-order valence-corrected chi connectivity index (χ4v) is 3.95. The molecule has 0 saturated heterocycles. The fraction of sp³-hybridized carbons (Fsp3) is 0.429. The number of halogens is 2. The van der Waals surface area contributed by atoms with Gasteiger partial charge in [-0.15, -0.1) is 12.4 Å². The second-order valence-electron chi connectivity index (χ2n) is 7.19. The van der Waals surface area contributed by atoms with Gasteiger partial charge in [0.2, 0.25) is 0 Å². The molecule has 1 aromatic heterocycles. The van der Waals surface area contributed by atoms with Crippen molar-refractivity contribution >= 4 is 29.9 Å². The van der Waals surface area contributed by atoms with E-state index >= 15 is 0 Å². The summed E-state index contributed by atoms with van der Waals surface area (Å²) in [5.41, 5.74) is 7.03. The van der Waals surface area contributed by atoms with Gasteiger partial charge in [0.1, 0.15) is 0 Å². The van der Waals surface area contributed by atoms with Gasteiger partial charge in [0.15, 0.2) is 0 Å². The quantitative estimate of drug-likeness (QED) is 0.744. The molecule has 1 aliphatic rings. The molecule has 152 valence electrons. The Labute approximate surface area is 176 Å². The van der Waals surface area contributed by atoms with E-state index in [9.17, 15) is 9.59 Å². The topological polar surface area (TPSA) is 77.1 Å². The first-order chi connectivity index (χ1) is 13.1. The molecule has 0 bridgehead atoms. The normalized spacial score (nSPS) is 15.5. The van der Waals surface area contributed by atoms with Crippen LogP contribution in [0.2, 0.25) is 5.02 Å². The number of carbonyl (C=O) groups is 1. The zero-order chi connectivity index (χ0) is 19.2. The second kappa shape index (κ2) is 10.6. The van der Waals surface area contributed by atoms with E-state index in [1.54, 1.807) is 18.3 Å². The molecular formula is C21H27Cl2N3O2. The lowest BCUT2D eigenvalue weighted by Crippen LogP contribution is -2.46. The van der Waals surface area contributed by atoms with Crippen molar-refractivity contribution in [2.45, 2.75) is 44.7 Å². The summed E-state index contributed by atoms with van der Waals surface area (Å²) >= 11 is 6.19. The van der Waals surface area contributed by atoms with E-state index in [1.807, 2.05) is 18.2 Å². The van der Waals surface area contributed by atoms with Gasteiger partial charge in [-0.05, 0) is 36.5 Å². The van der Waals surface area contributed by atoms with E-state index in [0.717, 1.165) is 18.4 Å². The Morgan fingerprint density at radius 1 is 1.18 bits per heavy atom. The first-order valence-corrected chi connectivity index (χ1v) is 9.91. The highest BCUT2D eigenvalue weighted by Gasteiger charge is 2.24. The predicted molar refractivity (Wildman–Crippen MR) is 115 cm³/mol. The molecule has 1 aromatic carbocycles. The van der Waals surface area contributed by atoms with Gasteiger partial charge in [0.25, 0.3) is 11.5 Å². The molecule has 1 heterocycles. The predicted octanol–water partition coefficient (Wildman–Crippen LogP) is 3.61. The van der Waals surface area contributed by atoms with Crippen LogP contribution in [0.3, 0.4) is 0 Å². The maximum absolute atomic E-state index is 12.7. The molecule has 28 heavy (non-hydrogen) atoms. The number of nitrogens with two attached hydrogens (primary N) is 1. The minimum Gasteiger partial charge on any atom is -0.348 e. The lowest BCUT2D eigenvalue weighted by Gasteiger charge is -2.30. The van der Waals surface area contributed by atoms with Gasteiger partial charge in [0.05, 0.1) is 12.1 Å². The average molecular weight is 424 g/mol. The van der Waals surface area contributed by atoms with Crippen LogP contribution in [0.4, 0.5) is 0 Å². The number of nitrogens with zero attached hydrogens (tertiary/aromatic N) is 1. The van der Waals surface area contributed by atoms with Gasteiger partial charge in [-0.2, -0.15) is 0 Å². The van der Waals surface area contributed by atoms with Crippen molar-refractivity contribution in [3.63, 3.8) is 0 Å². The number of pyridine rings is 1. The standard InChI is InChI=1S/C21H26ClN3O2.ClH/c22-18-9-5-4-8-16(18)13-25-14-17(10-11-20(25)26)21(27)24-19(12-23)15-6-2-1-3-7-15;/h4-5,8-11,14-15,19H,1-3,6-7,12-13,23H2,(H,24,27);1H. The minimum atomic E-state index is -0.191. The summed E-state index contributed by atoms with van der Waals surface area (Å²) in [6, 6.07) is 10.3. The fourth-order valence-electron chi connectivity index (χ4n) is 3.76. The Kier molecular flexibility index (Phi) is 8.55. The SMILES string of the molecule is Cl.NCC(NC(=O)c1ccc(=O)n(Cc2ccccc2Cl)c1)C1CCCCC1. The van der Waals surface area contributed by atoms with Crippen LogP contribution in [0.25, 0.3) is 0 Å². The Morgan fingerprint density at radius 2 is 1.89 bits per heavy atom. The monoisotopic (exact) mass is 423 g/mol. The number of carbonyl (C=O) groups excluding carboxylic acids is 1. The molecule has 1 atom stereocenters. The number of benzene rings is 1. The van der Waals surface area contributed by atoms with Gasteiger partial charge in [-0.1, -0.05) is 49.1 Å². The Bertz CT molecular complexity index is 848. The zero-order valence-corrected chi connectivity index (χ0v) is 17.3. The van der Waals surface area contributed by atoms with Crippen molar-refractivity contribution in [1.29, 1.82) is 0 Å². The number of rotatable bonds is 6. The molecule has 1 unspecified atom stereocenters.